The van der Waals surface area contributed by atoms with Crippen LogP contribution in [-0.4, -0.2) is 63.9 Å². The highest BCUT2D eigenvalue weighted by atomic mass is 35.5. The molecule has 202 valence electrons. The van der Waals surface area contributed by atoms with Crippen LogP contribution < -0.4 is 25.3 Å². The summed E-state index contributed by atoms with van der Waals surface area (Å²) in [5, 5.41) is 3.39. The van der Waals surface area contributed by atoms with E-state index >= 15 is 0 Å². The summed E-state index contributed by atoms with van der Waals surface area (Å²) >= 11 is 6.09. The number of fused-ring (bicyclic) bond motifs is 1. The van der Waals surface area contributed by atoms with Crippen molar-refractivity contribution >= 4 is 23.2 Å². The predicted molar refractivity (Wildman–Crippen MR) is 145 cm³/mol. The Morgan fingerprint density at radius 3 is 2.68 bits per heavy atom. The second-order valence-corrected chi connectivity index (χ2v) is 10.1. The Labute approximate surface area is 224 Å². The van der Waals surface area contributed by atoms with E-state index in [9.17, 15) is 4.79 Å². The number of piperidine rings is 1. The lowest BCUT2D eigenvalue weighted by Crippen LogP contribution is -2.39. The van der Waals surface area contributed by atoms with Gasteiger partial charge in [-0.15, -0.1) is 0 Å². The fraction of sp³-hybridized carbons (Fsp3) is 0.536. The normalized spacial score (nSPS) is 15.9. The number of nitrogen functional groups attached to an aromatic ring is 1. The quantitative estimate of drug-likeness (QED) is 0.307. The van der Waals surface area contributed by atoms with Gasteiger partial charge < -0.3 is 34.9 Å². The van der Waals surface area contributed by atoms with Gasteiger partial charge >= 0.3 is 0 Å². The summed E-state index contributed by atoms with van der Waals surface area (Å²) in [4.78, 5) is 15.2. The van der Waals surface area contributed by atoms with Gasteiger partial charge in [-0.1, -0.05) is 17.7 Å². The molecule has 0 radical (unpaired) electrons. The van der Waals surface area contributed by atoms with Gasteiger partial charge in [0.15, 0.2) is 11.5 Å². The fourth-order valence-corrected chi connectivity index (χ4v) is 4.91. The van der Waals surface area contributed by atoms with Crippen LogP contribution in [0.15, 0.2) is 30.3 Å². The molecule has 0 spiro atoms. The van der Waals surface area contributed by atoms with E-state index < -0.39 is 0 Å². The molecule has 9 heteroatoms. The lowest BCUT2D eigenvalue weighted by atomic mass is 9.96. The number of nitrogens with one attached hydrogen (secondary N) is 1. The number of nitrogens with zero attached hydrogens (tertiary/aromatic N) is 1. The van der Waals surface area contributed by atoms with Crippen LogP contribution in [0.2, 0.25) is 5.02 Å². The van der Waals surface area contributed by atoms with Crippen molar-refractivity contribution in [2.45, 2.75) is 38.7 Å². The summed E-state index contributed by atoms with van der Waals surface area (Å²) < 4.78 is 22.3. The Morgan fingerprint density at radius 2 is 1.89 bits per heavy atom. The Kier molecular flexibility index (Phi) is 10.2. The molecule has 0 aromatic heterocycles. The molecule has 2 aromatic carbocycles. The molecule has 2 aliphatic heterocycles. The average Bonchev–Trinajstić information content (AvgIpc) is 2.93. The third-order valence-electron chi connectivity index (χ3n) is 6.96. The second-order valence-electron chi connectivity index (χ2n) is 9.66. The van der Waals surface area contributed by atoms with Crippen molar-refractivity contribution in [3.8, 4) is 17.2 Å². The molecule has 0 atom stereocenters. The lowest BCUT2D eigenvalue weighted by molar-refractivity contribution is 0.0932. The molecule has 37 heavy (non-hydrogen) atoms. The number of anilines is 1. The monoisotopic (exact) mass is 531 g/mol. The molecule has 0 saturated carbocycles. The smallest absolute Gasteiger partial charge is 0.255 e. The van der Waals surface area contributed by atoms with Crippen molar-refractivity contribution < 1.29 is 23.7 Å². The van der Waals surface area contributed by atoms with Gasteiger partial charge in [-0.3, -0.25) is 4.79 Å². The first-order valence-corrected chi connectivity index (χ1v) is 13.5. The van der Waals surface area contributed by atoms with E-state index in [-0.39, 0.29) is 5.91 Å². The zero-order valence-electron chi connectivity index (χ0n) is 21.6. The zero-order chi connectivity index (χ0) is 26.0. The Hall–Kier alpha value is -2.68. The van der Waals surface area contributed by atoms with Crippen molar-refractivity contribution in [2.24, 2.45) is 5.92 Å². The third kappa shape index (κ3) is 7.90. The van der Waals surface area contributed by atoms with Gasteiger partial charge in [0.1, 0.15) is 19.0 Å². The molecule has 0 unspecified atom stereocenters. The number of benzene rings is 2. The van der Waals surface area contributed by atoms with Crippen LogP contribution >= 0.6 is 11.6 Å². The molecular weight excluding hydrogens is 494 g/mol. The van der Waals surface area contributed by atoms with Crippen molar-refractivity contribution in [1.29, 1.82) is 0 Å². The Morgan fingerprint density at radius 1 is 1.11 bits per heavy atom. The summed E-state index contributed by atoms with van der Waals surface area (Å²) in [6, 6.07) is 9.15. The SMILES string of the molecule is COc1cc(N)c(Cl)cc1C(=O)NCC1CCN(CCCCCOCc2ccc3c(c2)OCCO3)CC1. The van der Waals surface area contributed by atoms with Crippen molar-refractivity contribution in [3.05, 3.63) is 46.5 Å². The van der Waals surface area contributed by atoms with Crippen LogP contribution in [0, 0.1) is 5.92 Å². The van der Waals surface area contributed by atoms with E-state index in [0.29, 0.717) is 54.3 Å². The summed E-state index contributed by atoms with van der Waals surface area (Å²) in [5.41, 5.74) is 7.73. The predicted octanol–water partition coefficient (Wildman–Crippen LogP) is 4.53. The zero-order valence-corrected chi connectivity index (χ0v) is 22.4. The highest BCUT2D eigenvalue weighted by Crippen LogP contribution is 2.31. The van der Waals surface area contributed by atoms with Gasteiger partial charge in [0, 0.05) is 19.2 Å². The van der Waals surface area contributed by atoms with Crippen LogP contribution in [0.3, 0.4) is 0 Å². The number of amides is 1. The molecular formula is C28H38ClN3O5. The number of carbonyl (C=O) groups excluding carboxylic acids is 1. The van der Waals surface area contributed by atoms with Gasteiger partial charge in [0.25, 0.3) is 5.91 Å². The minimum absolute atomic E-state index is 0.183. The molecule has 3 N–H and O–H groups in total. The Balaban J connectivity index is 1.05. The number of carbonyl (C=O) groups is 1. The maximum atomic E-state index is 12.7. The first kappa shape index (κ1) is 27.4. The standard InChI is InChI=1S/C28H38ClN3O5/c1-34-26-17-24(30)23(29)16-22(26)28(33)31-18-20-7-10-32(11-8-20)9-3-2-4-12-35-19-21-5-6-25-27(15-21)37-14-13-36-25/h5-6,15-17,20H,2-4,7-14,18-19,30H2,1H3,(H,31,33). The van der Waals surface area contributed by atoms with E-state index in [1.54, 1.807) is 12.1 Å². The maximum Gasteiger partial charge on any atom is 0.255 e. The summed E-state index contributed by atoms with van der Waals surface area (Å²) in [5.74, 6) is 2.35. The summed E-state index contributed by atoms with van der Waals surface area (Å²) in [6.45, 7) is 6.47. The van der Waals surface area contributed by atoms with Crippen LogP contribution in [0.25, 0.3) is 0 Å². The highest BCUT2D eigenvalue weighted by molar-refractivity contribution is 6.33. The number of rotatable bonds is 12. The van der Waals surface area contributed by atoms with Gasteiger partial charge in [0.2, 0.25) is 0 Å². The number of hydrogen-bond acceptors (Lipinski definition) is 7. The minimum Gasteiger partial charge on any atom is -0.496 e. The summed E-state index contributed by atoms with van der Waals surface area (Å²) in [7, 11) is 1.52. The number of nitrogens with two attached hydrogens (primary N) is 1. The largest absolute Gasteiger partial charge is 0.496 e. The molecule has 0 aliphatic carbocycles. The fourth-order valence-electron chi connectivity index (χ4n) is 4.75. The number of hydrogen-bond donors (Lipinski definition) is 2. The Bertz CT molecular complexity index is 1040. The molecule has 8 nitrogen and oxygen atoms in total. The van der Waals surface area contributed by atoms with E-state index in [4.69, 9.17) is 36.3 Å². The van der Waals surface area contributed by atoms with Gasteiger partial charge in [-0.25, -0.2) is 0 Å². The topological polar surface area (TPSA) is 95.3 Å². The molecule has 2 heterocycles. The second kappa shape index (κ2) is 13.7. The van der Waals surface area contributed by atoms with Gasteiger partial charge in [-0.05, 0) is 81.4 Å². The van der Waals surface area contributed by atoms with Crippen molar-refractivity contribution in [3.63, 3.8) is 0 Å². The number of unbranched alkanes of at least 4 members (excludes halogenated alkanes) is 2. The van der Waals surface area contributed by atoms with Crippen LogP contribution in [0.4, 0.5) is 5.69 Å². The first-order chi connectivity index (χ1) is 18.0. The molecule has 1 amide bonds. The average molecular weight is 532 g/mol. The van der Waals surface area contributed by atoms with E-state index in [2.05, 4.69) is 10.2 Å². The molecule has 4 rings (SSSR count). The molecule has 2 aliphatic rings. The number of ether oxygens (including phenoxy) is 4. The van der Waals surface area contributed by atoms with E-state index in [1.807, 2.05) is 18.2 Å². The van der Waals surface area contributed by atoms with E-state index in [1.165, 1.54) is 13.5 Å². The van der Waals surface area contributed by atoms with Crippen LogP contribution in [-0.2, 0) is 11.3 Å². The molecule has 0 bridgehead atoms. The maximum absolute atomic E-state index is 12.7. The molecule has 1 saturated heterocycles. The van der Waals surface area contributed by atoms with Crippen molar-refractivity contribution in [2.75, 3.05) is 58.8 Å². The van der Waals surface area contributed by atoms with Gasteiger partial charge in [-0.2, -0.15) is 0 Å². The van der Waals surface area contributed by atoms with Gasteiger partial charge in [0.05, 0.1) is 30.0 Å². The van der Waals surface area contributed by atoms with Crippen LogP contribution in [0.5, 0.6) is 17.2 Å². The van der Waals surface area contributed by atoms with E-state index in [0.717, 1.165) is 69.0 Å². The highest BCUT2D eigenvalue weighted by Gasteiger charge is 2.21. The molecule has 2 aromatic rings. The summed E-state index contributed by atoms with van der Waals surface area (Å²) in [6.07, 6.45) is 5.55. The number of likely N-dealkylation sites (tertiary alicyclic amines) is 1. The number of halogens is 1. The third-order valence-corrected chi connectivity index (χ3v) is 7.29. The number of methoxy groups -OCH3 is 1. The lowest BCUT2D eigenvalue weighted by Gasteiger charge is -2.32. The molecule has 1 fully saturated rings. The minimum atomic E-state index is -0.183. The van der Waals surface area contributed by atoms with Crippen molar-refractivity contribution in [1.82, 2.24) is 10.2 Å². The van der Waals surface area contributed by atoms with Crippen LogP contribution in [0.1, 0.15) is 48.0 Å². The first-order valence-electron chi connectivity index (χ1n) is 13.1.